The van der Waals surface area contributed by atoms with Gasteiger partial charge in [-0.05, 0) is 13.3 Å². The van der Waals surface area contributed by atoms with Gasteiger partial charge in [-0.3, -0.25) is 4.79 Å². The van der Waals surface area contributed by atoms with Crippen molar-refractivity contribution in [2.24, 2.45) is 5.41 Å². The standard InChI is InChI=1S/C13H20N4O4/c1-13(10(18)19)2-3-16(8-13)12(21)15-4-5-17-9(7-15)6-14-11(17)20/h9H,2-8H2,1H3,(H,14,20)(H,18,19). The van der Waals surface area contributed by atoms with E-state index < -0.39 is 11.4 Å². The van der Waals surface area contributed by atoms with Crippen LogP contribution in [-0.4, -0.2) is 83.1 Å². The van der Waals surface area contributed by atoms with Gasteiger partial charge in [-0.15, -0.1) is 0 Å². The highest BCUT2D eigenvalue weighted by Crippen LogP contribution is 2.31. The van der Waals surface area contributed by atoms with E-state index in [2.05, 4.69) is 5.32 Å². The number of piperazine rings is 1. The van der Waals surface area contributed by atoms with E-state index in [0.717, 1.165) is 0 Å². The zero-order valence-corrected chi connectivity index (χ0v) is 12.0. The molecule has 116 valence electrons. The lowest BCUT2D eigenvalue weighted by molar-refractivity contribution is -0.147. The van der Waals surface area contributed by atoms with E-state index >= 15 is 0 Å². The molecule has 8 nitrogen and oxygen atoms in total. The molecule has 0 bridgehead atoms. The predicted molar refractivity (Wildman–Crippen MR) is 72.8 cm³/mol. The predicted octanol–water partition coefficient (Wildman–Crippen LogP) is -0.388. The third kappa shape index (κ3) is 2.28. The fraction of sp³-hybridized carbons (Fsp3) is 0.769. The molecule has 8 heteroatoms. The number of fused-ring (bicyclic) bond motifs is 1. The van der Waals surface area contributed by atoms with E-state index in [0.29, 0.717) is 39.1 Å². The summed E-state index contributed by atoms with van der Waals surface area (Å²) >= 11 is 0. The van der Waals surface area contributed by atoms with E-state index in [1.807, 2.05) is 0 Å². The van der Waals surface area contributed by atoms with Gasteiger partial charge in [0, 0.05) is 39.3 Å². The van der Waals surface area contributed by atoms with Crippen LogP contribution in [0.15, 0.2) is 0 Å². The molecule has 0 radical (unpaired) electrons. The van der Waals surface area contributed by atoms with Crippen molar-refractivity contribution in [3.05, 3.63) is 0 Å². The number of carboxylic acid groups (broad SMARTS) is 1. The van der Waals surface area contributed by atoms with Crippen molar-refractivity contribution in [2.75, 3.05) is 39.3 Å². The third-order valence-corrected chi connectivity index (χ3v) is 4.76. The first-order valence-electron chi connectivity index (χ1n) is 7.22. The highest BCUT2D eigenvalue weighted by atomic mass is 16.4. The Bertz CT molecular complexity index is 497. The highest BCUT2D eigenvalue weighted by molar-refractivity contribution is 5.81. The van der Waals surface area contributed by atoms with Crippen LogP contribution in [0.2, 0.25) is 0 Å². The Morgan fingerprint density at radius 1 is 1.29 bits per heavy atom. The first kappa shape index (κ1) is 14.0. The van der Waals surface area contributed by atoms with Gasteiger partial charge in [-0.2, -0.15) is 0 Å². The first-order chi connectivity index (χ1) is 9.90. The Labute approximate surface area is 122 Å². The monoisotopic (exact) mass is 296 g/mol. The Morgan fingerprint density at radius 2 is 2.05 bits per heavy atom. The van der Waals surface area contributed by atoms with E-state index in [1.54, 1.807) is 21.6 Å². The van der Waals surface area contributed by atoms with Gasteiger partial charge in [0.2, 0.25) is 0 Å². The molecule has 3 rings (SSSR count). The number of hydrogen-bond acceptors (Lipinski definition) is 3. The minimum atomic E-state index is -0.854. The molecule has 2 unspecified atom stereocenters. The van der Waals surface area contributed by atoms with Gasteiger partial charge < -0.3 is 25.1 Å². The summed E-state index contributed by atoms with van der Waals surface area (Å²) in [6.45, 7) is 4.52. The molecule has 4 amide bonds. The van der Waals surface area contributed by atoms with Crippen LogP contribution in [0.5, 0.6) is 0 Å². The Balaban J connectivity index is 1.62. The van der Waals surface area contributed by atoms with Crippen LogP contribution in [0, 0.1) is 5.41 Å². The Morgan fingerprint density at radius 3 is 2.71 bits per heavy atom. The first-order valence-corrected chi connectivity index (χ1v) is 7.22. The van der Waals surface area contributed by atoms with Gasteiger partial charge in [0.1, 0.15) is 0 Å². The highest BCUT2D eigenvalue weighted by Gasteiger charge is 2.44. The molecule has 0 aromatic heterocycles. The molecule has 0 aliphatic carbocycles. The number of carboxylic acids is 1. The van der Waals surface area contributed by atoms with Crippen LogP contribution in [0.4, 0.5) is 9.59 Å². The number of rotatable bonds is 1. The molecule has 2 atom stereocenters. The zero-order chi connectivity index (χ0) is 15.2. The van der Waals surface area contributed by atoms with Crippen molar-refractivity contribution in [3.63, 3.8) is 0 Å². The van der Waals surface area contributed by atoms with E-state index in [4.69, 9.17) is 0 Å². The number of carbonyl (C=O) groups excluding carboxylic acids is 2. The van der Waals surface area contributed by atoms with Crippen LogP contribution in [0.1, 0.15) is 13.3 Å². The summed E-state index contributed by atoms with van der Waals surface area (Å²) < 4.78 is 0. The summed E-state index contributed by atoms with van der Waals surface area (Å²) in [6, 6.07) is -0.144. The lowest BCUT2D eigenvalue weighted by Gasteiger charge is -2.38. The number of aliphatic carboxylic acids is 1. The molecular formula is C13H20N4O4. The molecule has 0 spiro atoms. The molecule has 3 aliphatic rings. The second kappa shape index (κ2) is 4.78. The van der Waals surface area contributed by atoms with E-state index in [-0.39, 0.29) is 24.6 Å². The van der Waals surface area contributed by atoms with Crippen molar-refractivity contribution in [1.29, 1.82) is 0 Å². The maximum absolute atomic E-state index is 12.5. The number of likely N-dealkylation sites (tertiary alicyclic amines) is 1. The summed E-state index contributed by atoms with van der Waals surface area (Å²) in [4.78, 5) is 40.4. The minimum Gasteiger partial charge on any atom is -0.481 e. The summed E-state index contributed by atoms with van der Waals surface area (Å²) in [5, 5.41) is 12.0. The normalized spacial score (nSPS) is 32.1. The maximum Gasteiger partial charge on any atom is 0.320 e. The van der Waals surface area contributed by atoms with Crippen molar-refractivity contribution >= 4 is 18.0 Å². The van der Waals surface area contributed by atoms with Crippen LogP contribution in [-0.2, 0) is 4.79 Å². The molecule has 0 aromatic carbocycles. The molecule has 2 N–H and O–H groups in total. The summed E-state index contributed by atoms with van der Waals surface area (Å²) in [7, 11) is 0. The van der Waals surface area contributed by atoms with E-state index in [9.17, 15) is 19.5 Å². The third-order valence-electron chi connectivity index (χ3n) is 4.76. The van der Waals surface area contributed by atoms with Gasteiger partial charge in [0.25, 0.3) is 0 Å². The molecule has 3 aliphatic heterocycles. The Kier molecular flexibility index (Phi) is 3.18. The van der Waals surface area contributed by atoms with Gasteiger partial charge in [0.15, 0.2) is 0 Å². The molecule has 3 heterocycles. The van der Waals surface area contributed by atoms with Crippen molar-refractivity contribution in [1.82, 2.24) is 20.0 Å². The number of urea groups is 2. The molecule has 21 heavy (non-hydrogen) atoms. The van der Waals surface area contributed by atoms with Gasteiger partial charge in [0.05, 0.1) is 11.5 Å². The van der Waals surface area contributed by atoms with Crippen LogP contribution in [0.25, 0.3) is 0 Å². The largest absolute Gasteiger partial charge is 0.481 e. The lowest BCUT2D eigenvalue weighted by atomic mass is 9.90. The van der Waals surface area contributed by atoms with Crippen LogP contribution < -0.4 is 5.32 Å². The van der Waals surface area contributed by atoms with Crippen LogP contribution in [0.3, 0.4) is 0 Å². The average molecular weight is 296 g/mol. The lowest BCUT2D eigenvalue weighted by Crippen LogP contribution is -2.56. The van der Waals surface area contributed by atoms with Crippen molar-refractivity contribution < 1.29 is 19.5 Å². The van der Waals surface area contributed by atoms with Crippen molar-refractivity contribution in [2.45, 2.75) is 19.4 Å². The second-order valence-corrected chi connectivity index (χ2v) is 6.30. The molecule has 3 saturated heterocycles. The SMILES string of the molecule is CC1(C(=O)O)CCN(C(=O)N2CCN3C(=O)NCC3C2)C1. The fourth-order valence-electron chi connectivity index (χ4n) is 3.28. The quantitative estimate of drug-likeness (QED) is 0.689. The summed E-state index contributed by atoms with van der Waals surface area (Å²) in [5.74, 6) is -0.854. The topological polar surface area (TPSA) is 93.2 Å². The number of amides is 4. The summed E-state index contributed by atoms with van der Waals surface area (Å²) in [6.07, 6.45) is 0.484. The van der Waals surface area contributed by atoms with Gasteiger partial charge in [-0.25, -0.2) is 9.59 Å². The maximum atomic E-state index is 12.5. The van der Waals surface area contributed by atoms with Crippen molar-refractivity contribution in [3.8, 4) is 0 Å². The average Bonchev–Trinajstić information content (AvgIpc) is 3.03. The smallest absolute Gasteiger partial charge is 0.320 e. The van der Waals surface area contributed by atoms with E-state index in [1.165, 1.54) is 0 Å². The number of carbonyl (C=O) groups is 3. The number of hydrogen-bond donors (Lipinski definition) is 2. The fourth-order valence-corrected chi connectivity index (χ4v) is 3.28. The molecule has 0 aromatic rings. The minimum absolute atomic E-state index is 0.0312. The molecular weight excluding hydrogens is 276 g/mol. The second-order valence-electron chi connectivity index (χ2n) is 6.30. The van der Waals surface area contributed by atoms with Crippen LogP contribution >= 0.6 is 0 Å². The van der Waals surface area contributed by atoms with Gasteiger partial charge >= 0.3 is 18.0 Å². The number of nitrogens with zero attached hydrogens (tertiary/aromatic N) is 3. The molecule has 0 saturated carbocycles. The van der Waals surface area contributed by atoms with Gasteiger partial charge in [-0.1, -0.05) is 0 Å². The Hall–Kier alpha value is -1.99. The zero-order valence-electron chi connectivity index (χ0n) is 12.0. The molecule has 3 fully saturated rings. The number of nitrogens with one attached hydrogen (secondary N) is 1. The summed E-state index contributed by atoms with van der Waals surface area (Å²) in [5.41, 5.74) is -0.845.